The summed E-state index contributed by atoms with van der Waals surface area (Å²) in [5.41, 5.74) is -0.228. The number of benzene rings is 1. The number of carboxylic acid groups (broad SMARTS) is 1. The average molecular weight is 198 g/mol. The van der Waals surface area contributed by atoms with Crippen LogP contribution >= 0.6 is 0 Å². The molecule has 0 saturated heterocycles. The van der Waals surface area contributed by atoms with Gasteiger partial charge in [-0.1, -0.05) is 30.3 Å². The van der Waals surface area contributed by atoms with E-state index in [0.717, 1.165) is 0 Å². The van der Waals surface area contributed by atoms with Gasteiger partial charge in [-0.2, -0.15) is 10.5 Å². The average Bonchev–Trinajstić information content (AvgIpc) is 2.26. The van der Waals surface area contributed by atoms with Gasteiger partial charge in [0.15, 0.2) is 5.57 Å². The van der Waals surface area contributed by atoms with Crippen LogP contribution in [-0.4, -0.2) is 11.1 Å². The number of hydrogen-bond donors (Lipinski definition) is 1. The van der Waals surface area contributed by atoms with E-state index in [1.165, 1.54) is 6.07 Å². The molecule has 0 aliphatic carbocycles. The van der Waals surface area contributed by atoms with Crippen molar-refractivity contribution in [2.24, 2.45) is 0 Å². The molecule has 0 saturated carbocycles. The molecule has 4 nitrogen and oxygen atoms in total. The lowest BCUT2D eigenvalue weighted by Crippen LogP contribution is -2.01. The monoisotopic (exact) mass is 198 g/mol. The van der Waals surface area contributed by atoms with Gasteiger partial charge in [-0.15, -0.1) is 0 Å². The minimum absolute atomic E-state index is 0.120. The molecule has 0 atom stereocenters. The molecule has 0 aromatic heterocycles. The van der Waals surface area contributed by atoms with Crippen molar-refractivity contribution in [1.29, 1.82) is 10.5 Å². The van der Waals surface area contributed by atoms with Crippen molar-refractivity contribution in [1.82, 2.24) is 0 Å². The highest BCUT2D eigenvalue weighted by Crippen LogP contribution is 2.17. The summed E-state index contributed by atoms with van der Waals surface area (Å²) >= 11 is 0. The van der Waals surface area contributed by atoms with Crippen LogP contribution in [0, 0.1) is 22.7 Å². The Morgan fingerprint density at radius 3 is 2.13 bits per heavy atom. The van der Waals surface area contributed by atoms with Crippen LogP contribution in [0.25, 0.3) is 5.57 Å². The number of nitrogens with zero attached hydrogens (tertiary/aromatic N) is 2. The molecule has 0 spiro atoms. The smallest absolute Gasteiger partial charge is 0.347 e. The van der Waals surface area contributed by atoms with Gasteiger partial charge in [0.25, 0.3) is 0 Å². The third kappa shape index (κ3) is 2.20. The molecule has 0 aliphatic heterocycles. The van der Waals surface area contributed by atoms with Crippen LogP contribution in [0.15, 0.2) is 35.9 Å². The molecule has 0 unspecified atom stereocenters. The fraction of sp³-hybridized carbons (Fsp3) is 0. The Morgan fingerprint density at radius 1 is 1.13 bits per heavy atom. The Kier molecular flexibility index (Phi) is 3.21. The summed E-state index contributed by atoms with van der Waals surface area (Å²) < 4.78 is 0. The minimum atomic E-state index is -1.39. The Balaban J connectivity index is 3.40. The largest absolute Gasteiger partial charge is 0.477 e. The van der Waals surface area contributed by atoms with Crippen LogP contribution in [0.2, 0.25) is 0 Å². The quantitative estimate of drug-likeness (QED) is 0.577. The third-order valence-corrected chi connectivity index (χ3v) is 1.75. The predicted molar refractivity (Wildman–Crippen MR) is 52.2 cm³/mol. The first kappa shape index (κ1) is 10.5. The van der Waals surface area contributed by atoms with E-state index in [9.17, 15) is 4.79 Å². The summed E-state index contributed by atoms with van der Waals surface area (Å²) in [7, 11) is 0. The zero-order valence-corrected chi connectivity index (χ0v) is 7.64. The van der Waals surface area contributed by atoms with E-state index in [-0.39, 0.29) is 5.57 Å². The molecule has 1 rings (SSSR count). The molecular formula is C11H6N2O2. The van der Waals surface area contributed by atoms with Gasteiger partial charge >= 0.3 is 5.97 Å². The second-order valence-electron chi connectivity index (χ2n) is 2.64. The molecular weight excluding hydrogens is 192 g/mol. The first-order valence-electron chi connectivity index (χ1n) is 4.04. The molecule has 0 aliphatic rings. The first-order chi connectivity index (χ1) is 7.20. The summed E-state index contributed by atoms with van der Waals surface area (Å²) in [6.07, 6.45) is 0. The van der Waals surface area contributed by atoms with Gasteiger partial charge in [0.05, 0.1) is 5.57 Å². The Hall–Kier alpha value is -2.59. The second kappa shape index (κ2) is 4.59. The molecule has 1 aromatic rings. The Bertz CT molecular complexity index is 490. The standard InChI is InChI=1S/C11H6N2O2/c12-6-9(10(7-13)11(14)15)8-4-2-1-3-5-8/h1-5H,(H,14,15). The highest BCUT2D eigenvalue weighted by atomic mass is 16.4. The van der Waals surface area contributed by atoms with Gasteiger partial charge in [-0.05, 0) is 5.56 Å². The van der Waals surface area contributed by atoms with Crippen molar-refractivity contribution in [3.05, 3.63) is 41.5 Å². The van der Waals surface area contributed by atoms with Crippen molar-refractivity contribution >= 4 is 11.5 Å². The Labute approximate surface area is 86.3 Å². The number of nitriles is 2. The lowest BCUT2D eigenvalue weighted by molar-refractivity contribution is -0.132. The number of allylic oxidation sites excluding steroid dienone is 1. The highest BCUT2D eigenvalue weighted by molar-refractivity contribution is 6.03. The van der Waals surface area contributed by atoms with Crippen LogP contribution in [-0.2, 0) is 4.79 Å². The van der Waals surface area contributed by atoms with Crippen LogP contribution in [0.4, 0.5) is 0 Å². The SMILES string of the molecule is N#CC(C(=O)O)=C(C#N)c1ccccc1. The maximum atomic E-state index is 10.7. The zero-order valence-electron chi connectivity index (χ0n) is 7.64. The van der Waals surface area contributed by atoms with Crippen LogP contribution in [0.3, 0.4) is 0 Å². The maximum absolute atomic E-state index is 10.7. The third-order valence-electron chi connectivity index (χ3n) is 1.75. The summed E-state index contributed by atoms with van der Waals surface area (Å²) in [4.78, 5) is 10.7. The molecule has 1 aromatic carbocycles. The topological polar surface area (TPSA) is 84.9 Å². The predicted octanol–water partition coefficient (Wildman–Crippen LogP) is 1.57. The van der Waals surface area contributed by atoms with Gasteiger partial charge in [0.2, 0.25) is 0 Å². The molecule has 15 heavy (non-hydrogen) atoms. The van der Waals surface area contributed by atoms with E-state index in [4.69, 9.17) is 15.6 Å². The molecule has 4 heteroatoms. The molecule has 0 radical (unpaired) electrons. The summed E-state index contributed by atoms with van der Waals surface area (Å²) in [5, 5.41) is 26.1. The highest BCUT2D eigenvalue weighted by Gasteiger charge is 2.14. The molecule has 1 N–H and O–H groups in total. The summed E-state index contributed by atoms with van der Waals surface area (Å²) in [6.45, 7) is 0. The van der Waals surface area contributed by atoms with Gasteiger partial charge in [-0.25, -0.2) is 4.79 Å². The van der Waals surface area contributed by atoms with Crippen molar-refractivity contribution in [2.75, 3.05) is 0 Å². The lowest BCUT2D eigenvalue weighted by Gasteiger charge is -1.98. The van der Waals surface area contributed by atoms with Gasteiger partial charge in [-0.3, -0.25) is 0 Å². The van der Waals surface area contributed by atoms with E-state index in [2.05, 4.69) is 0 Å². The van der Waals surface area contributed by atoms with E-state index in [0.29, 0.717) is 5.56 Å². The van der Waals surface area contributed by atoms with Crippen molar-refractivity contribution < 1.29 is 9.90 Å². The molecule has 0 bridgehead atoms. The fourth-order valence-corrected chi connectivity index (χ4v) is 1.08. The van der Waals surface area contributed by atoms with Crippen molar-refractivity contribution in [3.8, 4) is 12.1 Å². The first-order valence-corrected chi connectivity index (χ1v) is 4.04. The lowest BCUT2D eigenvalue weighted by atomic mass is 10.0. The van der Waals surface area contributed by atoms with E-state index in [1.54, 1.807) is 36.4 Å². The number of aliphatic carboxylic acids is 1. The van der Waals surface area contributed by atoms with Crippen LogP contribution in [0.5, 0.6) is 0 Å². The van der Waals surface area contributed by atoms with E-state index in [1.807, 2.05) is 0 Å². The minimum Gasteiger partial charge on any atom is -0.477 e. The molecule has 0 fully saturated rings. The van der Waals surface area contributed by atoms with E-state index < -0.39 is 11.5 Å². The maximum Gasteiger partial charge on any atom is 0.347 e. The van der Waals surface area contributed by atoms with E-state index >= 15 is 0 Å². The van der Waals surface area contributed by atoms with Crippen LogP contribution in [0.1, 0.15) is 5.56 Å². The van der Waals surface area contributed by atoms with Crippen LogP contribution < -0.4 is 0 Å². The molecule has 0 amide bonds. The fourth-order valence-electron chi connectivity index (χ4n) is 1.08. The van der Waals surface area contributed by atoms with Gasteiger partial charge in [0, 0.05) is 0 Å². The number of rotatable bonds is 2. The second-order valence-corrected chi connectivity index (χ2v) is 2.64. The Morgan fingerprint density at radius 2 is 1.73 bits per heavy atom. The zero-order chi connectivity index (χ0) is 11.3. The summed E-state index contributed by atoms with van der Waals surface area (Å²) in [6, 6.07) is 11.5. The van der Waals surface area contributed by atoms with Gasteiger partial charge < -0.3 is 5.11 Å². The molecule has 0 heterocycles. The number of carbonyl (C=O) groups is 1. The summed E-state index contributed by atoms with van der Waals surface area (Å²) in [5.74, 6) is -1.39. The van der Waals surface area contributed by atoms with Gasteiger partial charge in [0.1, 0.15) is 12.1 Å². The van der Waals surface area contributed by atoms with Crippen molar-refractivity contribution in [2.45, 2.75) is 0 Å². The number of carboxylic acids is 1. The molecule has 72 valence electrons. The number of hydrogen-bond acceptors (Lipinski definition) is 3. The normalized spacial score (nSPS) is 10.8. The van der Waals surface area contributed by atoms with Crippen molar-refractivity contribution in [3.63, 3.8) is 0 Å².